The van der Waals surface area contributed by atoms with Gasteiger partial charge in [0.1, 0.15) is 0 Å². The van der Waals surface area contributed by atoms with Crippen LogP contribution in [-0.4, -0.2) is 18.0 Å². The largest absolute Gasteiger partial charge is 0.351 e. The zero-order valence-corrected chi connectivity index (χ0v) is 11.0. The van der Waals surface area contributed by atoms with Crippen LogP contribution in [-0.2, 0) is 4.79 Å². The van der Waals surface area contributed by atoms with Crippen molar-refractivity contribution in [1.82, 2.24) is 10.6 Å². The summed E-state index contributed by atoms with van der Waals surface area (Å²) in [5.41, 5.74) is 5.87. The van der Waals surface area contributed by atoms with Crippen molar-refractivity contribution in [3.05, 3.63) is 34.9 Å². The van der Waals surface area contributed by atoms with Crippen molar-refractivity contribution < 1.29 is 9.59 Å². The first-order chi connectivity index (χ1) is 8.40. The monoisotopic (exact) mass is 269 g/mol. The van der Waals surface area contributed by atoms with Gasteiger partial charge in [-0.2, -0.15) is 0 Å². The van der Waals surface area contributed by atoms with Crippen LogP contribution in [0, 0.1) is 0 Å². The molecule has 98 valence electrons. The van der Waals surface area contributed by atoms with Crippen molar-refractivity contribution in [3.8, 4) is 0 Å². The molecule has 3 amide bonds. The number of carbonyl (C=O) groups is 2. The predicted octanol–water partition coefficient (Wildman–Crippen LogP) is 1.57. The van der Waals surface area contributed by atoms with Crippen molar-refractivity contribution in [1.29, 1.82) is 0 Å². The van der Waals surface area contributed by atoms with Crippen molar-refractivity contribution in [2.24, 2.45) is 5.73 Å². The highest BCUT2D eigenvalue weighted by molar-refractivity contribution is 6.30. The summed E-state index contributed by atoms with van der Waals surface area (Å²) < 4.78 is 0. The van der Waals surface area contributed by atoms with E-state index in [4.69, 9.17) is 17.3 Å². The number of carbonyl (C=O) groups excluding carboxylic acids is 2. The molecule has 1 unspecified atom stereocenters. The van der Waals surface area contributed by atoms with Crippen LogP contribution in [0.25, 0.3) is 0 Å². The summed E-state index contributed by atoms with van der Waals surface area (Å²) in [5, 5.41) is 5.74. The van der Waals surface area contributed by atoms with Gasteiger partial charge in [-0.1, -0.05) is 23.7 Å². The molecular weight excluding hydrogens is 254 g/mol. The number of amides is 3. The molecule has 5 nitrogen and oxygen atoms in total. The number of benzene rings is 1. The van der Waals surface area contributed by atoms with Gasteiger partial charge in [-0.25, -0.2) is 4.79 Å². The Morgan fingerprint density at radius 2 is 1.78 bits per heavy atom. The molecule has 4 N–H and O–H groups in total. The van der Waals surface area contributed by atoms with Gasteiger partial charge in [0, 0.05) is 11.1 Å². The smallest absolute Gasteiger partial charge is 0.318 e. The normalized spacial score (nSPS) is 13.7. The summed E-state index contributed by atoms with van der Waals surface area (Å²) >= 11 is 5.79. The van der Waals surface area contributed by atoms with Crippen LogP contribution < -0.4 is 16.4 Å². The first-order valence-electron chi connectivity index (χ1n) is 5.52. The fraction of sp³-hybridized carbons (Fsp3) is 0.333. The van der Waals surface area contributed by atoms with E-state index in [-0.39, 0.29) is 6.04 Å². The van der Waals surface area contributed by atoms with Crippen molar-refractivity contribution in [2.45, 2.75) is 25.9 Å². The molecule has 6 heteroatoms. The number of imide groups is 1. The second kappa shape index (κ2) is 6.37. The van der Waals surface area contributed by atoms with Crippen LogP contribution in [0.2, 0.25) is 5.02 Å². The SMILES string of the molecule is CC(N[C@@H](C)c1ccc(Cl)cc1)C(=O)NC(N)=O. The molecule has 0 fully saturated rings. The van der Waals surface area contributed by atoms with Crippen LogP contribution in [0.15, 0.2) is 24.3 Å². The molecule has 0 aliphatic heterocycles. The molecule has 0 heterocycles. The number of rotatable bonds is 4. The van der Waals surface area contributed by atoms with Crippen LogP contribution in [0.1, 0.15) is 25.5 Å². The van der Waals surface area contributed by atoms with Gasteiger partial charge < -0.3 is 5.73 Å². The van der Waals surface area contributed by atoms with Gasteiger partial charge in [0.15, 0.2) is 0 Å². The van der Waals surface area contributed by atoms with Gasteiger partial charge in [0.05, 0.1) is 6.04 Å². The Kier molecular flexibility index (Phi) is 5.12. The Bertz CT molecular complexity index is 433. The van der Waals surface area contributed by atoms with Gasteiger partial charge in [-0.3, -0.25) is 15.4 Å². The van der Waals surface area contributed by atoms with E-state index in [1.807, 2.05) is 24.4 Å². The molecule has 0 spiro atoms. The maximum atomic E-state index is 11.5. The first kappa shape index (κ1) is 14.5. The second-order valence-electron chi connectivity index (χ2n) is 4.02. The maximum Gasteiger partial charge on any atom is 0.318 e. The Labute approximate surface area is 111 Å². The highest BCUT2D eigenvalue weighted by Gasteiger charge is 2.17. The lowest BCUT2D eigenvalue weighted by Crippen LogP contribution is -2.47. The van der Waals surface area contributed by atoms with E-state index in [9.17, 15) is 9.59 Å². The first-order valence-corrected chi connectivity index (χ1v) is 5.89. The van der Waals surface area contributed by atoms with E-state index in [1.165, 1.54) is 0 Å². The molecule has 18 heavy (non-hydrogen) atoms. The lowest BCUT2D eigenvalue weighted by molar-refractivity contribution is -0.121. The van der Waals surface area contributed by atoms with Gasteiger partial charge in [-0.05, 0) is 31.5 Å². The number of nitrogens with two attached hydrogens (primary N) is 1. The number of hydrogen-bond acceptors (Lipinski definition) is 3. The second-order valence-corrected chi connectivity index (χ2v) is 4.45. The van der Waals surface area contributed by atoms with Crippen LogP contribution in [0.4, 0.5) is 4.79 Å². The van der Waals surface area contributed by atoms with Crippen LogP contribution >= 0.6 is 11.6 Å². The number of nitrogens with one attached hydrogen (secondary N) is 2. The summed E-state index contributed by atoms with van der Waals surface area (Å²) in [5.74, 6) is -0.455. The minimum absolute atomic E-state index is 0.0455. The third kappa shape index (κ3) is 4.35. The molecule has 0 aliphatic carbocycles. The van der Waals surface area contributed by atoms with Gasteiger partial charge >= 0.3 is 6.03 Å². The van der Waals surface area contributed by atoms with E-state index >= 15 is 0 Å². The summed E-state index contributed by atoms with van der Waals surface area (Å²) in [6, 6.07) is 5.89. The molecule has 1 aromatic carbocycles. The van der Waals surface area contributed by atoms with Crippen molar-refractivity contribution >= 4 is 23.5 Å². The van der Waals surface area contributed by atoms with E-state index < -0.39 is 18.0 Å². The van der Waals surface area contributed by atoms with E-state index in [1.54, 1.807) is 19.1 Å². The minimum Gasteiger partial charge on any atom is -0.351 e. The molecule has 0 radical (unpaired) electrons. The number of halogens is 1. The quantitative estimate of drug-likeness (QED) is 0.776. The molecule has 0 aromatic heterocycles. The zero-order valence-electron chi connectivity index (χ0n) is 10.2. The summed E-state index contributed by atoms with van der Waals surface area (Å²) in [4.78, 5) is 22.0. The third-order valence-electron chi connectivity index (χ3n) is 2.51. The Hall–Kier alpha value is -1.59. The van der Waals surface area contributed by atoms with Crippen molar-refractivity contribution in [3.63, 3.8) is 0 Å². The van der Waals surface area contributed by atoms with Gasteiger partial charge in [0.25, 0.3) is 0 Å². The molecule has 0 bridgehead atoms. The molecule has 1 rings (SSSR count). The fourth-order valence-electron chi connectivity index (χ4n) is 1.53. The molecular formula is C12H16ClN3O2. The summed E-state index contributed by atoms with van der Waals surface area (Å²) in [6.07, 6.45) is 0. The number of primary amides is 1. The highest BCUT2D eigenvalue weighted by Crippen LogP contribution is 2.16. The minimum atomic E-state index is -0.854. The summed E-state index contributed by atoms with van der Waals surface area (Å²) in [6.45, 7) is 3.57. The molecule has 0 saturated carbocycles. The van der Waals surface area contributed by atoms with Crippen LogP contribution in [0.5, 0.6) is 0 Å². The Morgan fingerprint density at radius 1 is 1.22 bits per heavy atom. The molecule has 0 aliphatic rings. The number of urea groups is 1. The topological polar surface area (TPSA) is 84.2 Å². The fourth-order valence-corrected chi connectivity index (χ4v) is 1.65. The molecule has 1 aromatic rings. The molecule has 0 saturated heterocycles. The Morgan fingerprint density at radius 3 is 2.28 bits per heavy atom. The average molecular weight is 270 g/mol. The lowest BCUT2D eigenvalue weighted by Gasteiger charge is -2.19. The highest BCUT2D eigenvalue weighted by atomic mass is 35.5. The van der Waals surface area contributed by atoms with Crippen LogP contribution in [0.3, 0.4) is 0 Å². The molecule has 2 atom stereocenters. The van der Waals surface area contributed by atoms with E-state index in [0.717, 1.165) is 5.56 Å². The van der Waals surface area contributed by atoms with Gasteiger partial charge in [-0.15, -0.1) is 0 Å². The Balaban J connectivity index is 2.58. The van der Waals surface area contributed by atoms with Gasteiger partial charge in [0.2, 0.25) is 5.91 Å². The zero-order chi connectivity index (χ0) is 13.7. The maximum absolute atomic E-state index is 11.5. The van der Waals surface area contributed by atoms with E-state index in [0.29, 0.717) is 5.02 Å². The van der Waals surface area contributed by atoms with Crippen molar-refractivity contribution in [2.75, 3.05) is 0 Å². The lowest BCUT2D eigenvalue weighted by atomic mass is 10.1. The summed E-state index contributed by atoms with van der Waals surface area (Å²) in [7, 11) is 0. The third-order valence-corrected chi connectivity index (χ3v) is 2.76. The average Bonchev–Trinajstić information content (AvgIpc) is 2.28. The predicted molar refractivity (Wildman–Crippen MR) is 70.2 cm³/mol. The number of hydrogen-bond donors (Lipinski definition) is 3. The standard InChI is InChI=1S/C12H16ClN3O2/c1-7(9-3-5-10(13)6-4-9)15-8(2)11(17)16-12(14)18/h3-8,15H,1-2H3,(H3,14,16,17,18)/t7-,8?/m0/s1. The van der Waals surface area contributed by atoms with E-state index in [2.05, 4.69) is 5.32 Å².